The van der Waals surface area contributed by atoms with E-state index in [1.54, 1.807) is 6.07 Å². The summed E-state index contributed by atoms with van der Waals surface area (Å²) in [4.78, 5) is 15.4. The molecule has 2 atom stereocenters. The van der Waals surface area contributed by atoms with Crippen molar-refractivity contribution in [1.29, 1.82) is 0 Å². The van der Waals surface area contributed by atoms with Crippen molar-refractivity contribution >= 4 is 22.6 Å². The van der Waals surface area contributed by atoms with Gasteiger partial charge >= 0.3 is 5.97 Å². The second kappa shape index (κ2) is 5.90. The average Bonchev–Trinajstić information content (AvgIpc) is 2.46. The molecule has 0 radical (unpaired) electrons. The monoisotopic (exact) mass is 272 g/mol. The number of para-hydroxylation sites is 1. The summed E-state index contributed by atoms with van der Waals surface area (Å²) >= 11 is 0. The van der Waals surface area contributed by atoms with Crippen LogP contribution in [0.2, 0.25) is 0 Å². The van der Waals surface area contributed by atoms with E-state index in [0.717, 1.165) is 17.5 Å². The smallest absolute Gasteiger partial charge is 0.354 e. The first-order valence-corrected chi connectivity index (χ1v) is 6.92. The number of aromatic nitrogens is 1. The molecule has 0 saturated carbocycles. The molecular weight excluding hydrogens is 252 g/mol. The summed E-state index contributed by atoms with van der Waals surface area (Å²) in [5.74, 6) is -0.495. The van der Waals surface area contributed by atoms with Crippen LogP contribution in [0.4, 0.5) is 5.69 Å². The number of anilines is 1. The molecule has 0 spiro atoms. The predicted octanol–water partition coefficient (Wildman–Crippen LogP) is 3.78. The molecule has 0 aliphatic carbocycles. The lowest BCUT2D eigenvalue weighted by Crippen LogP contribution is -2.23. The first-order chi connectivity index (χ1) is 9.52. The molecular formula is C16H20N2O2. The summed E-state index contributed by atoms with van der Waals surface area (Å²) in [6, 6.07) is 9.48. The number of nitrogens with one attached hydrogen (secondary N) is 1. The zero-order chi connectivity index (χ0) is 14.7. The lowest BCUT2D eigenvalue weighted by molar-refractivity contribution is 0.0691. The summed E-state index contributed by atoms with van der Waals surface area (Å²) in [6.07, 6.45) is 1.07. The summed E-state index contributed by atoms with van der Waals surface area (Å²) in [6.45, 7) is 6.44. The first kappa shape index (κ1) is 14.3. The van der Waals surface area contributed by atoms with Crippen LogP contribution in [0.25, 0.3) is 10.9 Å². The van der Waals surface area contributed by atoms with Crippen molar-refractivity contribution in [2.45, 2.75) is 33.2 Å². The third-order valence-corrected chi connectivity index (χ3v) is 3.82. The van der Waals surface area contributed by atoms with Gasteiger partial charge < -0.3 is 10.4 Å². The number of nitrogens with zero attached hydrogens (tertiary/aromatic N) is 1. The molecule has 4 heteroatoms. The number of benzene rings is 1. The number of rotatable bonds is 5. The molecule has 0 amide bonds. The van der Waals surface area contributed by atoms with Gasteiger partial charge in [-0.25, -0.2) is 9.78 Å². The van der Waals surface area contributed by atoms with E-state index in [1.165, 1.54) is 0 Å². The maximum Gasteiger partial charge on any atom is 0.354 e. The van der Waals surface area contributed by atoms with Crippen molar-refractivity contribution in [2.75, 3.05) is 5.32 Å². The second-order valence-electron chi connectivity index (χ2n) is 5.20. The van der Waals surface area contributed by atoms with Gasteiger partial charge in [0.15, 0.2) is 5.69 Å². The highest BCUT2D eigenvalue weighted by Gasteiger charge is 2.14. The highest BCUT2D eigenvalue weighted by molar-refractivity contribution is 5.97. The lowest BCUT2D eigenvalue weighted by atomic mass is 10.00. The minimum atomic E-state index is -1.00. The summed E-state index contributed by atoms with van der Waals surface area (Å²) < 4.78 is 0. The topological polar surface area (TPSA) is 62.2 Å². The maximum atomic E-state index is 11.2. The third-order valence-electron chi connectivity index (χ3n) is 3.82. The van der Waals surface area contributed by atoms with Crippen LogP contribution in [0.3, 0.4) is 0 Å². The second-order valence-corrected chi connectivity index (χ2v) is 5.20. The van der Waals surface area contributed by atoms with Crippen LogP contribution < -0.4 is 5.32 Å². The van der Waals surface area contributed by atoms with Crippen molar-refractivity contribution in [1.82, 2.24) is 4.98 Å². The lowest BCUT2D eigenvalue weighted by Gasteiger charge is -2.22. The number of hydrogen-bond donors (Lipinski definition) is 2. The van der Waals surface area contributed by atoms with Crippen molar-refractivity contribution in [3.05, 3.63) is 36.0 Å². The Bertz CT molecular complexity index is 625. The molecule has 0 aliphatic rings. The highest BCUT2D eigenvalue weighted by Crippen LogP contribution is 2.25. The minimum absolute atomic E-state index is 0.0718. The molecule has 0 aliphatic heterocycles. The Kier molecular flexibility index (Phi) is 4.23. The Balaban J connectivity index is 2.47. The number of pyridine rings is 1. The van der Waals surface area contributed by atoms with E-state index >= 15 is 0 Å². The van der Waals surface area contributed by atoms with E-state index < -0.39 is 5.97 Å². The standard InChI is InChI=1S/C16H20N2O2/c1-4-10(2)11(3)17-14-9-15(16(19)20)18-13-8-6-5-7-12(13)14/h5-11H,4H2,1-3H3,(H,17,18)(H,19,20). The van der Waals surface area contributed by atoms with Gasteiger partial charge in [0.25, 0.3) is 0 Å². The summed E-state index contributed by atoms with van der Waals surface area (Å²) in [7, 11) is 0. The average molecular weight is 272 g/mol. The fraction of sp³-hybridized carbons (Fsp3) is 0.375. The van der Waals surface area contributed by atoms with E-state index in [4.69, 9.17) is 5.11 Å². The Morgan fingerprint density at radius 2 is 2.05 bits per heavy atom. The summed E-state index contributed by atoms with van der Waals surface area (Å²) in [5.41, 5.74) is 1.61. The molecule has 4 nitrogen and oxygen atoms in total. The van der Waals surface area contributed by atoms with Gasteiger partial charge in [-0.15, -0.1) is 0 Å². The van der Waals surface area contributed by atoms with Gasteiger partial charge in [0.05, 0.1) is 5.52 Å². The Morgan fingerprint density at radius 1 is 1.35 bits per heavy atom. The van der Waals surface area contributed by atoms with E-state index in [0.29, 0.717) is 11.4 Å². The van der Waals surface area contributed by atoms with Crippen LogP contribution in [-0.2, 0) is 0 Å². The number of aromatic carboxylic acids is 1. The van der Waals surface area contributed by atoms with Crippen LogP contribution >= 0.6 is 0 Å². The Morgan fingerprint density at radius 3 is 2.70 bits per heavy atom. The van der Waals surface area contributed by atoms with Gasteiger partial charge in [-0.2, -0.15) is 0 Å². The van der Waals surface area contributed by atoms with E-state index in [9.17, 15) is 4.79 Å². The number of carboxylic acids is 1. The van der Waals surface area contributed by atoms with Crippen LogP contribution in [0, 0.1) is 5.92 Å². The van der Waals surface area contributed by atoms with E-state index in [-0.39, 0.29) is 11.7 Å². The Hall–Kier alpha value is -2.10. The van der Waals surface area contributed by atoms with Gasteiger partial charge in [0.2, 0.25) is 0 Å². The molecule has 106 valence electrons. The zero-order valence-electron chi connectivity index (χ0n) is 12.1. The maximum absolute atomic E-state index is 11.2. The van der Waals surface area contributed by atoms with Gasteiger partial charge in [0.1, 0.15) is 0 Å². The molecule has 20 heavy (non-hydrogen) atoms. The number of carboxylic acid groups (broad SMARTS) is 1. The van der Waals surface area contributed by atoms with E-state index in [1.807, 2.05) is 24.3 Å². The third kappa shape index (κ3) is 2.90. The van der Waals surface area contributed by atoms with Crippen molar-refractivity contribution < 1.29 is 9.90 Å². The zero-order valence-corrected chi connectivity index (χ0v) is 12.1. The molecule has 0 fully saturated rings. The van der Waals surface area contributed by atoms with Gasteiger partial charge in [-0.3, -0.25) is 0 Å². The van der Waals surface area contributed by atoms with Crippen LogP contribution in [0.15, 0.2) is 30.3 Å². The normalized spacial score (nSPS) is 13.9. The molecule has 0 bridgehead atoms. The van der Waals surface area contributed by atoms with Crippen LogP contribution in [0.5, 0.6) is 0 Å². The van der Waals surface area contributed by atoms with Gasteiger partial charge in [-0.05, 0) is 25.0 Å². The van der Waals surface area contributed by atoms with Crippen LogP contribution in [-0.4, -0.2) is 22.1 Å². The molecule has 2 N–H and O–H groups in total. The largest absolute Gasteiger partial charge is 0.477 e. The van der Waals surface area contributed by atoms with Crippen molar-refractivity contribution in [2.24, 2.45) is 5.92 Å². The minimum Gasteiger partial charge on any atom is -0.477 e. The van der Waals surface area contributed by atoms with Crippen molar-refractivity contribution in [3.8, 4) is 0 Å². The fourth-order valence-corrected chi connectivity index (χ4v) is 2.15. The fourth-order valence-electron chi connectivity index (χ4n) is 2.15. The molecule has 1 aromatic heterocycles. The molecule has 0 saturated heterocycles. The summed E-state index contributed by atoms with van der Waals surface area (Å²) in [5, 5.41) is 13.5. The molecule has 2 aromatic rings. The highest BCUT2D eigenvalue weighted by atomic mass is 16.4. The number of carbonyl (C=O) groups is 1. The number of fused-ring (bicyclic) bond motifs is 1. The first-order valence-electron chi connectivity index (χ1n) is 6.92. The Labute approximate surface area is 118 Å². The molecule has 1 aromatic carbocycles. The molecule has 2 unspecified atom stereocenters. The molecule has 2 rings (SSSR count). The van der Waals surface area contributed by atoms with Gasteiger partial charge in [0, 0.05) is 17.1 Å². The quantitative estimate of drug-likeness (QED) is 0.869. The molecule has 1 heterocycles. The van der Waals surface area contributed by atoms with E-state index in [2.05, 4.69) is 31.1 Å². The van der Waals surface area contributed by atoms with Crippen LogP contribution in [0.1, 0.15) is 37.7 Å². The number of hydrogen-bond acceptors (Lipinski definition) is 3. The predicted molar refractivity (Wildman–Crippen MR) is 81.2 cm³/mol. The SMILES string of the molecule is CCC(C)C(C)Nc1cc(C(=O)O)nc2ccccc12. The van der Waals surface area contributed by atoms with Gasteiger partial charge in [-0.1, -0.05) is 38.5 Å². The van der Waals surface area contributed by atoms with Crippen molar-refractivity contribution in [3.63, 3.8) is 0 Å².